The number of rotatable bonds is 1. The van der Waals surface area contributed by atoms with Gasteiger partial charge >= 0.3 is 0 Å². The van der Waals surface area contributed by atoms with Crippen molar-refractivity contribution in [2.24, 2.45) is 16.6 Å². The lowest BCUT2D eigenvalue weighted by atomic mass is 9.86. The van der Waals surface area contributed by atoms with Crippen LogP contribution in [0.1, 0.15) is 41.5 Å². The maximum absolute atomic E-state index is 5.63. The molecule has 1 aliphatic heterocycles. The average Bonchev–Trinajstić information content (AvgIpc) is 2.43. The van der Waals surface area contributed by atoms with Crippen LogP contribution in [0.5, 0.6) is 0 Å². The van der Waals surface area contributed by atoms with Crippen LogP contribution < -0.4 is 16.5 Å². The number of nitrogens with zero attached hydrogens (tertiary/aromatic N) is 1. The van der Waals surface area contributed by atoms with Crippen LogP contribution in [0.2, 0.25) is 0 Å². The van der Waals surface area contributed by atoms with Gasteiger partial charge in [0.15, 0.2) is 5.11 Å². The largest absolute Gasteiger partial charge is 0.375 e. The zero-order valence-electron chi connectivity index (χ0n) is 11.8. The molecule has 2 unspecified atom stereocenters. The summed E-state index contributed by atoms with van der Waals surface area (Å²) in [4.78, 5) is 0. The number of hydrogen-bond acceptors (Lipinski definition) is 3. The first-order chi connectivity index (χ1) is 7.53. The molecule has 0 saturated carbocycles. The Balaban J connectivity index is 2.93. The van der Waals surface area contributed by atoms with Gasteiger partial charge in [0.05, 0.1) is 6.17 Å². The fourth-order valence-electron chi connectivity index (χ4n) is 2.32. The Morgan fingerprint density at radius 1 is 1.24 bits per heavy atom. The molecule has 1 heterocycles. The van der Waals surface area contributed by atoms with Crippen molar-refractivity contribution in [3.05, 3.63) is 0 Å². The number of hydrazine groups is 1. The Labute approximate surface area is 110 Å². The van der Waals surface area contributed by atoms with Gasteiger partial charge in [0.25, 0.3) is 0 Å². The summed E-state index contributed by atoms with van der Waals surface area (Å²) in [7, 11) is 0. The third-order valence-corrected chi connectivity index (χ3v) is 3.27. The maximum Gasteiger partial charge on any atom is 0.178 e. The van der Waals surface area contributed by atoms with Gasteiger partial charge < -0.3 is 5.73 Å². The fourth-order valence-corrected chi connectivity index (χ4v) is 2.42. The van der Waals surface area contributed by atoms with Crippen molar-refractivity contribution in [3.8, 4) is 0 Å². The topological polar surface area (TPSA) is 53.3 Å². The predicted octanol–water partition coefficient (Wildman–Crippen LogP) is 1.43. The molecular weight excluding hydrogens is 232 g/mol. The van der Waals surface area contributed by atoms with E-state index in [4.69, 9.17) is 18.0 Å². The van der Waals surface area contributed by atoms with Crippen LogP contribution in [0.25, 0.3) is 0 Å². The molecule has 4 N–H and O–H groups in total. The van der Waals surface area contributed by atoms with Crippen molar-refractivity contribution in [2.45, 2.75) is 53.8 Å². The molecule has 1 rings (SSSR count). The lowest BCUT2D eigenvalue weighted by Crippen LogP contribution is -2.59. The van der Waals surface area contributed by atoms with Crippen LogP contribution >= 0.6 is 12.2 Å². The Bertz CT molecular complexity index is 268. The fraction of sp³-hybridized carbons (Fsp3) is 0.917. The first kappa shape index (κ1) is 14.7. The molecule has 1 fully saturated rings. The van der Waals surface area contributed by atoms with Gasteiger partial charge in [-0.15, -0.1) is 0 Å². The summed E-state index contributed by atoms with van der Waals surface area (Å²) in [5.74, 6) is 0. The summed E-state index contributed by atoms with van der Waals surface area (Å²) in [5, 5.41) is 6.07. The van der Waals surface area contributed by atoms with Gasteiger partial charge in [-0.05, 0) is 23.0 Å². The molecule has 0 amide bonds. The van der Waals surface area contributed by atoms with E-state index in [2.05, 4.69) is 57.3 Å². The molecule has 0 spiro atoms. The Morgan fingerprint density at radius 3 is 2.12 bits per heavy atom. The summed E-state index contributed by atoms with van der Waals surface area (Å²) in [6.07, 6.45) is 0.230. The Morgan fingerprint density at radius 2 is 1.76 bits per heavy atom. The molecule has 2 atom stereocenters. The van der Waals surface area contributed by atoms with Crippen molar-refractivity contribution in [1.82, 2.24) is 15.8 Å². The molecule has 5 heteroatoms. The summed E-state index contributed by atoms with van der Waals surface area (Å²) in [5.41, 5.74) is 9.06. The number of nitrogens with one attached hydrogen (secondary N) is 2. The van der Waals surface area contributed by atoms with Crippen molar-refractivity contribution in [3.63, 3.8) is 0 Å². The van der Waals surface area contributed by atoms with E-state index < -0.39 is 0 Å². The van der Waals surface area contributed by atoms with Gasteiger partial charge in [-0.25, -0.2) is 0 Å². The SMILES string of the molecule is CC(C)(C)C1CNC(C(C)(C)C)N1NC(N)=S. The van der Waals surface area contributed by atoms with Crippen molar-refractivity contribution in [1.29, 1.82) is 0 Å². The maximum atomic E-state index is 5.63. The highest BCUT2D eigenvalue weighted by Crippen LogP contribution is 2.33. The normalized spacial score (nSPS) is 27.2. The lowest BCUT2D eigenvalue weighted by Gasteiger charge is -2.41. The molecular formula is C12H26N4S. The number of thiocarbonyl (C=S) groups is 1. The highest BCUT2D eigenvalue weighted by Gasteiger charge is 2.44. The Hall–Kier alpha value is -0.390. The monoisotopic (exact) mass is 258 g/mol. The van der Waals surface area contributed by atoms with Gasteiger partial charge in [-0.3, -0.25) is 10.7 Å². The van der Waals surface area contributed by atoms with E-state index >= 15 is 0 Å². The van der Waals surface area contributed by atoms with Crippen LogP contribution in [0, 0.1) is 10.8 Å². The van der Waals surface area contributed by atoms with E-state index in [0.717, 1.165) is 6.54 Å². The van der Waals surface area contributed by atoms with Crippen LogP contribution in [0.15, 0.2) is 0 Å². The predicted molar refractivity (Wildman–Crippen MR) is 76.2 cm³/mol. The van der Waals surface area contributed by atoms with Gasteiger partial charge in [-0.1, -0.05) is 41.5 Å². The quantitative estimate of drug-likeness (QED) is 0.621. The summed E-state index contributed by atoms with van der Waals surface area (Å²) in [6, 6.07) is 0.369. The minimum Gasteiger partial charge on any atom is -0.375 e. The van der Waals surface area contributed by atoms with E-state index in [1.165, 1.54) is 0 Å². The first-order valence-corrected chi connectivity index (χ1v) is 6.52. The molecule has 1 saturated heterocycles. The standard InChI is InChI=1S/C12H26N4S/c1-11(2,3)8-7-14-9(12(4,5)6)16(8)15-10(13)17/h8-9,14H,7H2,1-6H3,(H3,13,15,17). The zero-order valence-corrected chi connectivity index (χ0v) is 12.6. The van der Waals surface area contributed by atoms with Crippen LogP contribution in [-0.2, 0) is 0 Å². The van der Waals surface area contributed by atoms with Gasteiger partial charge in [0, 0.05) is 12.6 Å². The highest BCUT2D eigenvalue weighted by atomic mass is 32.1. The van der Waals surface area contributed by atoms with Crippen LogP contribution in [0.4, 0.5) is 0 Å². The summed E-state index contributed by atoms with van der Waals surface area (Å²) in [6.45, 7) is 14.3. The third-order valence-electron chi connectivity index (χ3n) is 3.18. The Kier molecular flexibility index (Phi) is 4.06. The summed E-state index contributed by atoms with van der Waals surface area (Å²) < 4.78 is 0. The molecule has 1 aliphatic rings. The zero-order chi connectivity index (χ0) is 13.4. The van der Waals surface area contributed by atoms with E-state index in [1.54, 1.807) is 0 Å². The molecule has 0 aromatic rings. The second-order valence-electron chi connectivity index (χ2n) is 6.94. The second kappa shape index (κ2) is 4.71. The van der Waals surface area contributed by atoms with E-state index in [1.807, 2.05) is 0 Å². The second-order valence-corrected chi connectivity index (χ2v) is 7.38. The minimum atomic E-state index is 0.123. The molecule has 100 valence electrons. The van der Waals surface area contributed by atoms with E-state index in [0.29, 0.717) is 11.2 Å². The van der Waals surface area contributed by atoms with Crippen LogP contribution in [0.3, 0.4) is 0 Å². The highest BCUT2D eigenvalue weighted by molar-refractivity contribution is 7.80. The molecule has 0 aromatic carbocycles. The van der Waals surface area contributed by atoms with Gasteiger partial charge in [0.2, 0.25) is 0 Å². The molecule has 17 heavy (non-hydrogen) atoms. The smallest absolute Gasteiger partial charge is 0.178 e. The van der Waals surface area contributed by atoms with E-state index in [9.17, 15) is 0 Å². The molecule has 0 radical (unpaired) electrons. The molecule has 0 bridgehead atoms. The first-order valence-electron chi connectivity index (χ1n) is 6.11. The lowest BCUT2D eigenvalue weighted by molar-refractivity contribution is 0.0336. The molecule has 0 aromatic heterocycles. The van der Waals surface area contributed by atoms with Crippen molar-refractivity contribution in [2.75, 3.05) is 6.54 Å². The van der Waals surface area contributed by atoms with Crippen molar-refractivity contribution < 1.29 is 0 Å². The molecule has 4 nitrogen and oxygen atoms in total. The van der Waals surface area contributed by atoms with Gasteiger partial charge in [0.1, 0.15) is 0 Å². The van der Waals surface area contributed by atoms with Crippen LogP contribution in [-0.4, -0.2) is 28.9 Å². The number of nitrogens with two attached hydrogens (primary N) is 1. The minimum absolute atomic E-state index is 0.123. The van der Waals surface area contributed by atoms with Gasteiger partial charge in [-0.2, -0.15) is 5.01 Å². The third kappa shape index (κ3) is 3.53. The summed E-state index contributed by atoms with van der Waals surface area (Å²) >= 11 is 4.98. The van der Waals surface area contributed by atoms with E-state index in [-0.39, 0.29) is 17.0 Å². The van der Waals surface area contributed by atoms with Crippen molar-refractivity contribution >= 4 is 17.3 Å². The molecule has 0 aliphatic carbocycles. The number of hydrogen-bond donors (Lipinski definition) is 3. The average molecular weight is 258 g/mol.